The Kier molecular flexibility index (Phi) is 5.58. The third-order valence-electron chi connectivity index (χ3n) is 5.29. The Labute approximate surface area is 149 Å². The second-order valence-electron chi connectivity index (χ2n) is 6.83. The summed E-state index contributed by atoms with van der Waals surface area (Å²) in [7, 11) is 3.39. The second kappa shape index (κ2) is 7.87. The summed E-state index contributed by atoms with van der Waals surface area (Å²) in [5.74, 6) is 0.708. The molecule has 6 heteroatoms. The van der Waals surface area contributed by atoms with Crippen LogP contribution in [0, 0.1) is 0 Å². The predicted octanol–water partition coefficient (Wildman–Crippen LogP) is 1.66. The number of para-hydroxylation sites is 1. The monoisotopic (exact) mass is 344 g/mol. The van der Waals surface area contributed by atoms with Gasteiger partial charge < -0.3 is 20.3 Å². The maximum Gasteiger partial charge on any atom is 0.239 e. The van der Waals surface area contributed by atoms with Crippen LogP contribution in [0.15, 0.2) is 29.3 Å². The molecule has 2 N–H and O–H groups in total. The molecule has 0 bridgehead atoms. The molecule has 136 valence electrons. The first-order valence-corrected chi connectivity index (χ1v) is 9.03. The molecule has 3 rings (SSSR count). The average molecular weight is 344 g/mol. The first-order chi connectivity index (χ1) is 12.2. The zero-order chi connectivity index (χ0) is 17.7. The molecule has 1 heterocycles. The number of guanidine groups is 1. The molecule has 0 saturated heterocycles. The molecule has 0 atom stereocenters. The van der Waals surface area contributed by atoms with E-state index >= 15 is 0 Å². The van der Waals surface area contributed by atoms with Crippen molar-refractivity contribution in [2.45, 2.75) is 31.1 Å². The Bertz CT molecular complexity index is 638. The van der Waals surface area contributed by atoms with Crippen LogP contribution in [-0.4, -0.2) is 52.3 Å². The van der Waals surface area contributed by atoms with Crippen molar-refractivity contribution >= 4 is 17.6 Å². The minimum absolute atomic E-state index is 0.0544. The lowest BCUT2D eigenvalue weighted by Gasteiger charge is -2.26. The SMILES string of the molecule is CN=C(NCC(=O)NCCOC)N1CC2(CCCC2)c2ccccc21. The molecular formula is C19H28N4O2. The van der Waals surface area contributed by atoms with Gasteiger partial charge in [-0.2, -0.15) is 0 Å². The van der Waals surface area contributed by atoms with Crippen molar-refractivity contribution in [2.75, 3.05) is 45.3 Å². The zero-order valence-electron chi connectivity index (χ0n) is 15.2. The number of carbonyl (C=O) groups excluding carboxylic acids is 1. The number of rotatable bonds is 5. The minimum Gasteiger partial charge on any atom is -0.383 e. The van der Waals surface area contributed by atoms with E-state index in [1.54, 1.807) is 14.2 Å². The Hall–Kier alpha value is -2.08. The number of fused-ring (bicyclic) bond motifs is 2. The smallest absolute Gasteiger partial charge is 0.239 e. The number of aliphatic imine (C=N–C) groups is 1. The summed E-state index contributed by atoms with van der Waals surface area (Å²) in [6.45, 7) is 2.19. The van der Waals surface area contributed by atoms with Gasteiger partial charge in [0, 0.05) is 38.3 Å². The van der Waals surface area contributed by atoms with Gasteiger partial charge in [-0.05, 0) is 24.5 Å². The quantitative estimate of drug-likeness (QED) is 0.484. The number of amides is 1. The number of anilines is 1. The molecule has 1 aromatic carbocycles. The van der Waals surface area contributed by atoms with Gasteiger partial charge in [-0.25, -0.2) is 0 Å². The Balaban J connectivity index is 1.69. The van der Waals surface area contributed by atoms with E-state index in [-0.39, 0.29) is 17.9 Å². The van der Waals surface area contributed by atoms with E-state index in [1.165, 1.54) is 36.9 Å². The van der Waals surface area contributed by atoms with Crippen LogP contribution in [-0.2, 0) is 14.9 Å². The van der Waals surface area contributed by atoms with Gasteiger partial charge in [-0.15, -0.1) is 0 Å². The minimum atomic E-state index is -0.0544. The fraction of sp³-hybridized carbons (Fsp3) is 0.579. The van der Waals surface area contributed by atoms with E-state index in [0.29, 0.717) is 13.2 Å². The summed E-state index contributed by atoms with van der Waals surface area (Å²) < 4.78 is 4.95. The molecule has 1 spiro atoms. The van der Waals surface area contributed by atoms with Crippen LogP contribution in [0.5, 0.6) is 0 Å². The first kappa shape index (κ1) is 17.7. The average Bonchev–Trinajstić information content (AvgIpc) is 3.23. The van der Waals surface area contributed by atoms with E-state index in [1.807, 2.05) is 0 Å². The van der Waals surface area contributed by atoms with Crippen LogP contribution in [0.2, 0.25) is 0 Å². The van der Waals surface area contributed by atoms with E-state index in [9.17, 15) is 4.79 Å². The van der Waals surface area contributed by atoms with Gasteiger partial charge in [0.15, 0.2) is 5.96 Å². The van der Waals surface area contributed by atoms with Crippen molar-refractivity contribution in [1.29, 1.82) is 0 Å². The molecule has 1 fully saturated rings. The molecule has 25 heavy (non-hydrogen) atoms. The molecule has 6 nitrogen and oxygen atoms in total. The lowest BCUT2D eigenvalue weighted by molar-refractivity contribution is -0.120. The van der Waals surface area contributed by atoms with Crippen molar-refractivity contribution < 1.29 is 9.53 Å². The fourth-order valence-electron chi connectivity index (χ4n) is 4.11. The van der Waals surface area contributed by atoms with Gasteiger partial charge in [-0.1, -0.05) is 31.0 Å². The number of carbonyl (C=O) groups is 1. The molecule has 0 unspecified atom stereocenters. The molecule has 1 aliphatic heterocycles. The number of methoxy groups -OCH3 is 1. The molecule has 1 amide bonds. The highest BCUT2D eigenvalue weighted by Gasteiger charge is 2.45. The molecule has 0 radical (unpaired) electrons. The second-order valence-corrected chi connectivity index (χ2v) is 6.83. The van der Waals surface area contributed by atoms with Gasteiger partial charge in [-0.3, -0.25) is 9.79 Å². The first-order valence-electron chi connectivity index (χ1n) is 9.03. The summed E-state index contributed by atoms with van der Waals surface area (Å²) in [5.41, 5.74) is 2.90. The Morgan fingerprint density at radius 3 is 2.76 bits per heavy atom. The summed E-state index contributed by atoms with van der Waals surface area (Å²) in [5, 5.41) is 6.03. The predicted molar refractivity (Wildman–Crippen MR) is 100 cm³/mol. The highest BCUT2D eigenvalue weighted by atomic mass is 16.5. The van der Waals surface area contributed by atoms with E-state index in [4.69, 9.17) is 4.74 Å². The molecule has 1 saturated carbocycles. The molecular weight excluding hydrogens is 316 g/mol. The highest BCUT2D eigenvalue weighted by molar-refractivity contribution is 6.00. The van der Waals surface area contributed by atoms with Crippen molar-refractivity contribution in [3.8, 4) is 0 Å². The molecule has 1 aliphatic carbocycles. The zero-order valence-corrected chi connectivity index (χ0v) is 15.2. The van der Waals surface area contributed by atoms with Crippen molar-refractivity contribution in [1.82, 2.24) is 10.6 Å². The van der Waals surface area contributed by atoms with Crippen LogP contribution in [0.25, 0.3) is 0 Å². The highest BCUT2D eigenvalue weighted by Crippen LogP contribution is 2.50. The topological polar surface area (TPSA) is 66.0 Å². The lowest BCUT2D eigenvalue weighted by Crippen LogP contribution is -2.47. The van der Waals surface area contributed by atoms with Gasteiger partial charge >= 0.3 is 0 Å². The normalized spacial score (nSPS) is 18.5. The lowest BCUT2D eigenvalue weighted by atomic mass is 9.81. The van der Waals surface area contributed by atoms with Gasteiger partial charge in [0.25, 0.3) is 0 Å². The number of hydrogen-bond donors (Lipinski definition) is 2. The van der Waals surface area contributed by atoms with Crippen LogP contribution in [0.1, 0.15) is 31.2 Å². The van der Waals surface area contributed by atoms with Gasteiger partial charge in [0.2, 0.25) is 5.91 Å². The Morgan fingerprint density at radius 2 is 2.04 bits per heavy atom. The summed E-state index contributed by atoms with van der Waals surface area (Å²) in [6.07, 6.45) is 5.04. The van der Waals surface area contributed by atoms with Crippen molar-refractivity contribution in [3.63, 3.8) is 0 Å². The van der Waals surface area contributed by atoms with Crippen molar-refractivity contribution in [3.05, 3.63) is 29.8 Å². The van der Waals surface area contributed by atoms with Crippen LogP contribution < -0.4 is 15.5 Å². The summed E-state index contributed by atoms with van der Waals surface area (Å²) >= 11 is 0. The number of ether oxygens (including phenoxy) is 1. The third-order valence-corrected chi connectivity index (χ3v) is 5.29. The Morgan fingerprint density at radius 1 is 1.28 bits per heavy atom. The van der Waals surface area contributed by atoms with Gasteiger partial charge in [0.1, 0.15) is 0 Å². The number of hydrogen-bond acceptors (Lipinski definition) is 3. The maximum absolute atomic E-state index is 11.9. The van der Waals surface area contributed by atoms with Gasteiger partial charge in [0.05, 0.1) is 13.2 Å². The third kappa shape index (κ3) is 3.63. The van der Waals surface area contributed by atoms with E-state index < -0.39 is 0 Å². The molecule has 0 aromatic heterocycles. The van der Waals surface area contributed by atoms with Crippen LogP contribution in [0.4, 0.5) is 5.69 Å². The summed E-state index contributed by atoms with van der Waals surface area (Å²) in [6, 6.07) is 8.62. The van der Waals surface area contributed by atoms with Crippen LogP contribution >= 0.6 is 0 Å². The number of benzene rings is 1. The van der Waals surface area contributed by atoms with Crippen molar-refractivity contribution in [2.24, 2.45) is 4.99 Å². The number of nitrogens with zero attached hydrogens (tertiary/aromatic N) is 2. The summed E-state index contributed by atoms with van der Waals surface area (Å²) in [4.78, 5) is 18.6. The largest absolute Gasteiger partial charge is 0.383 e. The fourth-order valence-corrected chi connectivity index (χ4v) is 4.11. The van der Waals surface area contributed by atoms with E-state index in [0.717, 1.165) is 12.5 Å². The maximum atomic E-state index is 11.9. The molecule has 2 aliphatic rings. The van der Waals surface area contributed by atoms with E-state index in [2.05, 4.69) is 44.8 Å². The number of nitrogens with one attached hydrogen (secondary N) is 2. The van der Waals surface area contributed by atoms with Crippen LogP contribution in [0.3, 0.4) is 0 Å². The molecule has 1 aromatic rings. The standard InChI is InChI=1S/C19H28N4O2/c1-20-18(22-13-17(24)21-11-12-25-2)23-14-19(9-5-6-10-19)15-7-3-4-8-16(15)23/h3-4,7-8H,5-6,9-14H2,1-2H3,(H,20,22)(H,21,24).